The van der Waals surface area contributed by atoms with Crippen LogP contribution in [0.5, 0.6) is 0 Å². The molecule has 0 fully saturated rings. The number of aromatic nitrogens is 2. The van der Waals surface area contributed by atoms with Gasteiger partial charge in [-0.3, -0.25) is 9.59 Å². The van der Waals surface area contributed by atoms with Crippen molar-refractivity contribution in [3.05, 3.63) is 86.0 Å². The van der Waals surface area contributed by atoms with Gasteiger partial charge in [-0.25, -0.2) is 9.37 Å². The van der Waals surface area contributed by atoms with E-state index in [9.17, 15) is 14.0 Å². The molecule has 0 radical (unpaired) electrons. The minimum absolute atomic E-state index is 0.00824. The fraction of sp³-hybridized carbons (Fsp3) is 0.182. The number of H-pyrrole nitrogens is 1. The van der Waals surface area contributed by atoms with Crippen molar-refractivity contribution in [3.8, 4) is 6.07 Å². The zero-order valence-corrected chi connectivity index (χ0v) is 18.1. The van der Waals surface area contributed by atoms with Crippen LogP contribution < -0.4 is 10.9 Å². The lowest BCUT2D eigenvalue weighted by atomic mass is 10.0. The number of anilines is 1. The van der Waals surface area contributed by atoms with Crippen LogP contribution in [0.4, 0.5) is 10.1 Å². The molecule has 3 rings (SSSR count). The monoisotopic (exact) mass is 456 g/mol. The molecule has 6 nitrogen and oxygen atoms in total. The second kappa shape index (κ2) is 10.2. The Labute approximate surface area is 187 Å². The molecule has 0 aliphatic rings. The van der Waals surface area contributed by atoms with Crippen LogP contribution in [0.3, 0.4) is 0 Å². The van der Waals surface area contributed by atoms with Crippen molar-refractivity contribution >= 4 is 35.0 Å². The van der Waals surface area contributed by atoms with Crippen LogP contribution in [-0.2, 0) is 17.6 Å². The molecule has 2 aromatic carbocycles. The Kier molecular flexibility index (Phi) is 7.45. The third kappa shape index (κ3) is 5.72. The SMILES string of the molecule is CCc1c(Cc2c(F)cccc2Cl)nc(SCC(=O)Nc2ccc(C#N)cc2)[nH]c1=O. The maximum Gasteiger partial charge on any atom is 0.254 e. The summed E-state index contributed by atoms with van der Waals surface area (Å²) in [7, 11) is 0. The van der Waals surface area contributed by atoms with E-state index in [1.54, 1.807) is 30.3 Å². The predicted octanol–water partition coefficient (Wildman–Crippen LogP) is 4.32. The lowest BCUT2D eigenvalue weighted by molar-refractivity contribution is -0.113. The van der Waals surface area contributed by atoms with Crippen LogP contribution >= 0.6 is 23.4 Å². The first-order valence-electron chi connectivity index (χ1n) is 9.39. The maximum absolute atomic E-state index is 14.2. The van der Waals surface area contributed by atoms with Gasteiger partial charge < -0.3 is 10.3 Å². The van der Waals surface area contributed by atoms with E-state index in [1.165, 1.54) is 12.1 Å². The van der Waals surface area contributed by atoms with Crippen molar-refractivity contribution in [1.29, 1.82) is 5.26 Å². The second-order valence-electron chi connectivity index (χ2n) is 6.55. The van der Waals surface area contributed by atoms with Gasteiger partial charge >= 0.3 is 0 Å². The van der Waals surface area contributed by atoms with E-state index in [0.29, 0.717) is 28.9 Å². The van der Waals surface area contributed by atoms with Gasteiger partial charge in [-0.2, -0.15) is 5.26 Å². The van der Waals surface area contributed by atoms with E-state index < -0.39 is 5.82 Å². The lowest BCUT2D eigenvalue weighted by Gasteiger charge is -2.11. The number of rotatable bonds is 7. The highest BCUT2D eigenvalue weighted by Crippen LogP contribution is 2.23. The number of nitrogens with zero attached hydrogens (tertiary/aromatic N) is 2. The molecule has 3 aromatic rings. The van der Waals surface area contributed by atoms with Gasteiger partial charge in [0.1, 0.15) is 5.82 Å². The number of amides is 1. The van der Waals surface area contributed by atoms with Crippen molar-refractivity contribution in [2.45, 2.75) is 24.9 Å². The summed E-state index contributed by atoms with van der Waals surface area (Å²) in [6.07, 6.45) is 0.497. The first-order valence-corrected chi connectivity index (χ1v) is 10.8. The summed E-state index contributed by atoms with van der Waals surface area (Å²) in [5, 5.41) is 12.1. The summed E-state index contributed by atoms with van der Waals surface area (Å²) in [5.41, 5.74) is 1.87. The number of nitriles is 1. The average molecular weight is 457 g/mol. The average Bonchev–Trinajstić information content (AvgIpc) is 2.75. The lowest BCUT2D eigenvalue weighted by Crippen LogP contribution is -2.20. The molecule has 0 atom stereocenters. The number of nitrogens with one attached hydrogen (secondary N) is 2. The Bertz CT molecular complexity index is 1190. The number of benzene rings is 2. The molecule has 0 bridgehead atoms. The Morgan fingerprint density at radius 3 is 2.65 bits per heavy atom. The highest BCUT2D eigenvalue weighted by atomic mass is 35.5. The Balaban J connectivity index is 1.75. The Morgan fingerprint density at radius 1 is 1.26 bits per heavy atom. The van der Waals surface area contributed by atoms with Crippen molar-refractivity contribution in [1.82, 2.24) is 9.97 Å². The summed E-state index contributed by atoms with van der Waals surface area (Å²) in [5.74, 6) is -0.753. The van der Waals surface area contributed by atoms with Crippen LogP contribution in [0.25, 0.3) is 0 Å². The Hall–Kier alpha value is -3.15. The quantitative estimate of drug-likeness (QED) is 0.407. The smallest absolute Gasteiger partial charge is 0.254 e. The van der Waals surface area contributed by atoms with Crippen LogP contribution in [-0.4, -0.2) is 21.6 Å². The van der Waals surface area contributed by atoms with Crippen molar-refractivity contribution in [2.24, 2.45) is 0 Å². The number of aromatic amines is 1. The largest absolute Gasteiger partial charge is 0.325 e. The number of hydrogen-bond acceptors (Lipinski definition) is 5. The molecule has 1 aromatic heterocycles. The zero-order chi connectivity index (χ0) is 22.4. The van der Waals surface area contributed by atoms with E-state index in [1.807, 2.05) is 13.0 Å². The minimum atomic E-state index is -0.465. The molecule has 0 aliphatic carbocycles. The molecule has 158 valence electrons. The number of carbonyl (C=O) groups is 1. The highest BCUT2D eigenvalue weighted by molar-refractivity contribution is 7.99. The van der Waals surface area contributed by atoms with Crippen molar-refractivity contribution in [2.75, 3.05) is 11.1 Å². The van der Waals surface area contributed by atoms with Gasteiger partial charge in [-0.15, -0.1) is 0 Å². The van der Waals surface area contributed by atoms with E-state index in [0.717, 1.165) is 11.8 Å². The summed E-state index contributed by atoms with van der Waals surface area (Å²) in [6, 6.07) is 12.9. The van der Waals surface area contributed by atoms with E-state index >= 15 is 0 Å². The van der Waals surface area contributed by atoms with Gasteiger partial charge in [-0.1, -0.05) is 36.4 Å². The summed E-state index contributed by atoms with van der Waals surface area (Å²) >= 11 is 7.19. The van der Waals surface area contributed by atoms with Crippen LogP contribution in [0, 0.1) is 17.1 Å². The summed E-state index contributed by atoms with van der Waals surface area (Å²) in [6.45, 7) is 1.82. The first kappa shape index (κ1) is 22.5. The van der Waals surface area contributed by atoms with Crippen LogP contribution in [0.1, 0.15) is 29.3 Å². The molecule has 0 saturated carbocycles. The van der Waals surface area contributed by atoms with Gasteiger partial charge in [0.15, 0.2) is 5.16 Å². The number of carbonyl (C=O) groups excluding carboxylic acids is 1. The number of hydrogen-bond donors (Lipinski definition) is 2. The maximum atomic E-state index is 14.2. The standard InChI is InChI=1S/C22H18ClFN4O2S/c1-2-15-19(10-16-17(23)4-3-5-18(16)24)27-22(28-21(15)30)31-12-20(29)26-14-8-6-13(11-25)7-9-14/h3-9H,2,10,12H2,1H3,(H,26,29)(H,27,28,30). The molecule has 0 saturated heterocycles. The normalized spacial score (nSPS) is 10.5. The third-order valence-corrected chi connectivity index (χ3v) is 5.70. The molecule has 0 aliphatic heterocycles. The molecular weight excluding hydrogens is 439 g/mol. The predicted molar refractivity (Wildman–Crippen MR) is 119 cm³/mol. The second-order valence-corrected chi connectivity index (χ2v) is 7.92. The van der Waals surface area contributed by atoms with Gasteiger partial charge in [0.2, 0.25) is 5.91 Å². The van der Waals surface area contributed by atoms with Gasteiger partial charge in [0.25, 0.3) is 5.56 Å². The van der Waals surface area contributed by atoms with E-state index in [4.69, 9.17) is 16.9 Å². The van der Waals surface area contributed by atoms with Crippen molar-refractivity contribution in [3.63, 3.8) is 0 Å². The highest BCUT2D eigenvalue weighted by Gasteiger charge is 2.16. The number of thioether (sulfide) groups is 1. The van der Waals surface area contributed by atoms with Gasteiger partial charge in [0.05, 0.1) is 23.1 Å². The summed E-state index contributed by atoms with van der Waals surface area (Å²) < 4.78 is 14.2. The fourth-order valence-corrected chi connectivity index (χ4v) is 3.84. The third-order valence-electron chi connectivity index (χ3n) is 4.48. The first-order chi connectivity index (χ1) is 14.9. The minimum Gasteiger partial charge on any atom is -0.325 e. The van der Waals surface area contributed by atoms with Crippen molar-refractivity contribution < 1.29 is 9.18 Å². The molecule has 2 N–H and O–H groups in total. The summed E-state index contributed by atoms with van der Waals surface area (Å²) in [4.78, 5) is 31.8. The van der Waals surface area contributed by atoms with Crippen LogP contribution in [0.2, 0.25) is 5.02 Å². The van der Waals surface area contributed by atoms with Gasteiger partial charge in [0, 0.05) is 28.3 Å². The van der Waals surface area contributed by atoms with Crippen LogP contribution in [0.15, 0.2) is 52.4 Å². The molecule has 1 heterocycles. The number of halogens is 2. The topological polar surface area (TPSA) is 98.6 Å². The molecule has 0 unspecified atom stereocenters. The molecule has 31 heavy (non-hydrogen) atoms. The molecular formula is C22H18ClFN4O2S. The van der Waals surface area contributed by atoms with E-state index in [2.05, 4.69) is 15.3 Å². The zero-order valence-electron chi connectivity index (χ0n) is 16.5. The van der Waals surface area contributed by atoms with Gasteiger partial charge in [-0.05, 0) is 42.8 Å². The molecule has 1 amide bonds. The van der Waals surface area contributed by atoms with E-state index in [-0.39, 0.29) is 39.4 Å². The fourth-order valence-electron chi connectivity index (χ4n) is 2.93. The molecule has 9 heteroatoms. The molecule has 0 spiro atoms. The Morgan fingerprint density at radius 2 is 2.00 bits per heavy atom.